The zero-order valence-electron chi connectivity index (χ0n) is 13.1. The number of aromatic hydroxyl groups is 1. The molecule has 1 N–H and O–H groups in total. The van der Waals surface area contributed by atoms with E-state index in [-0.39, 0.29) is 11.3 Å². The van der Waals surface area contributed by atoms with Crippen molar-refractivity contribution in [3.63, 3.8) is 0 Å². The van der Waals surface area contributed by atoms with Crippen molar-refractivity contribution in [3.05, 3.63) is 28.3 Å². The Morgan fingerprint density at radius 3 is 2.23 bits per heavy atom. The Hall–Kier alpha value is -2.50. The molecule has 1 heterocycles. The van der Waals surface area contributed by atoms with Gasteiger partial charge in [-0.15, -0.1) is 0 Å². The summed E-state index contributed by atoms with van der Waals surface area (Å²) in [5, 5.41) is 10.1. The van der Waals surface area contributed by atoms with E-state index in [0.717, 1.165) is 5.56 Å². The van der Waals surface area contributed by atoms with Gasteiger partial charge in [-0.1, -0.05) is 0 Å². The summed E-state index contributed by atoms with van der Waals surface area (Å²) < 4.78 is 15.3. The molecule has 1 aliphatic rings. The van der Waals surface area contributed by atoms with Crippen LogP contribution in [0.5, 0.6) is 11.5 Å². The minimum atomic E-state index is -1.30. The second kappa shape index (κ2) is 5.36. The van der Waals surface area contributed by atoms with Gasteiger partial charge in [0.05, 0.1) is 7.11 Å². The van der Waals surface area contributed by atoms with E-state index in [9.17, 15) is 14.7 Å². The van der Waals surface area contributed by atoms with Gasteiger partial charge < -0.3 is 19.3 Å². The summed E-state index contributed by atoms with van der Waals surface area (Å²) in [6.07, 6.45) is 1.26. The highest BCUT2D eigenvalue weighted by atomic mass is 16.7. The van der Waals surface area contributed by atoms with E-state index >= 15 is 0 Å². The van der Waals surface area contributed by atoms with Crippen LogP contribution in [-0.4, -0.2) is 29.9 Å². The minimum absolute atomic E-state index is 0.0614. The van der Waals surface area contributed by atoms with Crippen LogP contribution in [0, 0.1) is 13.8 Å². The zero-order chi connectivity index (χ0) is 16.7. The quantitative estimate of drug-likeness (QED) is 0.512. The second-order valence-electron chi connectivity index (χ2n) is 5.52. The van der Waals surface area contributed by atoms with Crippen molar-refractivity contribution in [2.45, 2.75) is 33.5 Å². The summed E-state index contributed by atoms with van der Waals surface area (Å²) in [4.78, 5) is 23.9. The van der Waals surface area contributed by atoms with Crippen LogP contribution in [-0.2, 0) is 19.1 Å². The number of rotatable bonds is 2. The number of benzene rings is 1. The topological polar surface area (TPSA) is 82.1 Å². The van der Waals surface area contributed by atoms with Crippen molar-refractivity contribution in [3.8, 4) is 11.5 Å². The van der Waals surface area contributed by atoms with E-state index in [1.807, 2.05) is 0 Å². The summed E-state index contributed by atoms with van der Waals surface area (Å²) in [6, 6.07) is 1.50. The van der Waals surface area contributed by atoms with Gasteiger partial charge in [0.1, 0.15) is 17.1 Å². The molecule has 1 aliphatic heterocycles. The first kappa shape index (κ1) is 15.9. The zero-order valence-corrected chi connectivity index (χ0v) is 13.1. The molecule has 0 aliphatic carbocycles. The molecule has 0 amide bonds. The molecule has 118 valence electrons. The lowest BCUT2D eigenvalue weighted by Gasteiger charge is -2.29. The van der Waals surface area contributed by atoms with E-state index < -0.39 is 17.7 Å². The standard InChI is InChI=1S/C16H18O6/c1-8-6-12(17)10(9(2)13(8)20-5)7-11-14(18)21-16(3,4)22-15(11)19/h6-7,17H,1-5H3. The minimum Gasteiger partial charge on any atom is -0.507 e. The van der Waals surface area contributed by atoms with Gasteiger partial charge in [0, 0.05) is 25.0 Å². The molecule has 0 saturated carbocycles. The Balaban J connectivity index is 2.54. The fourth-order valence-electron chi connectivity index (χ4n) is 2.38. The lowest BCUT2D eigenvalue weighted by molar-refractivity contribution is -0.222. The van der Waals surface area contributed by atoms with Gasteiger partial charge in [-0.25, -0.2) is 9.59 Å². The van der Waals surface area contributed by atoms with Crippen LogP contribution in [0.2, 0.25) is 0 Å². The lowest BCUT2D eigenvalue weighted by Crippen LogP contribution is -2.41. The monoisotopic (exact) mass is 306 g/mol. The van der Waals surface area contributed by atoms with Crippen molar-refractivity contribution in [1.29, 1.82) is 0 Å². The SMILES string of the molecule is COc1c(C)cc(O)c(C=C2C(=O)OC(C)(C)OC2=O)c1C. The fourth-order valence-corrected chi connectivity index (χ4v) is 2.38. The summed E-state index contributed by atoms with van der Waals surface area (Å²) in [5.74, 6) is -2.37. The van der Waals surface area contributed by atoms with Crippen LogP contribution in [0.25, 0.3) is 6.08 Å². The first-order valence-corrected chi connectivity index (χ1v) is 6.72. The number of hydrogen-bond donors (Lipinski definition) is 1. The van der Waals surface area contributed by atoms with Crippen molar-refractivity contribution >= 4 is 18.0 Å². The highest BCUT2D eigenvalue weighted by Gasteiger charge is 2.39. The van der Waals surface area contributed by atoms with Gasteiger partial charge >= 0.3 is 11.9 Å². The third kappa shape index (κ3) is 2.77. The number of methoxy groups -OCH3 is 1. The summed E-state index contributed by atoms with van der Waals surface area (Å²) in [5.41, 5.74) is 1.39. The predicted octanol–water partition coefficient (Wildman–Crippen LogP) is 2.24. The molecule has 2 rings (SSSR count). The molecule has 1 aromatic rings. The molecule has 6 nitrogen and oxygen atoms in total. The molecule has 0 radical (unpaired) electrons. The number of phenols is 1. The summed E-state index contributed by atoms with van der Waals surface area (Å²) >= 11 is 0. The molecule has 22 heavy (non-hydrogen) atoms. The van der Waals surface area contributed by atoms with Crippen LogP contribution >= 0.6 is 0 Å². The Kier molecular flexibility index (Phi) is 3.87. The number of hydrogen-bond acceptors (Lipinski definition) is 6. The Labute approximate surface area is 128 Å². The van der Waals surface area contributed by atoms with Crippen LogP contribution in [0.1, 0.15) is 30.5 Å². The number of carbonyl (C=O) groups is 2. The normalized spacial score (nSPS) is 16.9. The van der Waals surface area contributed by atoms with E-state index in [1.165, 1.54) is 33.1 Å². The van der Waals surface area contributed by atoms with Gasteiger partial charge in [-0.2, -0.15) is 0 Å². The fraction of sp³-hybridized carbons (Fsp3) is 0.375. The molecule has 1 aromatic carbocycles. The number of carbonyl (C=O) groups excluding carboxylic acids is 2. The maximum Gasteiger partial charge on any atom is 0.348 e. The maximum atomic E-state index is 12.0. The Morgan fingerprint density at radius 1 is 1.18 bits per heavy atom. The van der Waals surface area contributed by atoms with E-state index in [2.05, 4.69) is 0 Å². The number of esters is 2. The highest BCUT2D eigenvalue weighted by molar-refractivity contribution is 6.19. The molecule has 1 saturated heterocycles. The van der Waals surface area contributed by atoms with E-state index in [1.54, 1.807) is 13.8 Å². The van der Waals surface area contributed by atoms with Gasteiger partial charge in [0.25, 0.3) is 5.79 Å². The maximum absolute atomic E-state index is 12.0. The molecular weight excluding hydrogens is 288 g/mol. The third-order valence-electron chi connectivity index (χ3n) is 3.34. The van der Waals surface area contributed by atoms with E-state index in [4.69, 9.17) is 14.2 Å². The molecular formula is C16H18O6. The Bertz CT molecular complexity index is 662. The number of ether oxygens (including phenoxy) is 3. The third-order valence-corrected chi connectivity index (χ3v) is 3.34. The smallest absolute Gasteiger partial charge is 0.348 e. The largest absolute Gasteiger partial charge is 0.507 e. The molecule has 0 bridgehead atoms. The van der Waals surface area contributed by atoms with Crippen LogP contribution in [0.15, 0.2) is 11.6 Å². The van der Waals surface area contributed by atoms with E-state index in [0.29, 0.717) is 16.9 Å². The van der Waals surface area contributed by atoms with Crippen LogP contribution in [0.3, 0.4) is 0 Å². The van der Waals surface area contributed by atoms with Crippen LogP contribution in [0.4, 0.5) is 0 Å². The Morgan fingerprint density at radius 2 is 1.73 bits per heavy atom. The van der Waals surface area contributed by atoms with Crippen LogP contribution < -0.4 is 4.74 Å². The molecule has 6 heteroatoms. The summed E-state index contributed by atoms with van der Waals surface area (Å²) in [6.45, 7) is 6.45. The summed E-state index contributed by atoms with van der Waals surface area (Å²) in [7, 11) is 1.51. The number of phenolic OH excluding ortho intramolecular Hbond substituents is 1. The van der Waals surface area contributed by atoms with Gasteiger partial charge in [0.15, 0.2) is 0 Å². The molecule has 0 aromatic heterocycles. The molecule has 0 spiro atoms. The van der Waals surface area contributed by atoms with Crippen molar-refractivity contribution in [2.24, 2.45) is 0 Å². The number of aryl methyl sites for hydroxylation is 1. The van der Waals surface area contributed by atoms with Crippen molar-refractivity contribution < 1.29 is 28.9 Å². The first-order chi connectivity index (χ1) is 10.2. The molecule has 0 atom stereocenters. The molecule has 0 unspecified atom stereocenters. The van der Waals surface area contributed by atoms with Crippen molar-refractivity contribution in [1.82, 2.24) is 0 Å². The lowest BCUT2D eigenvalue weighted by atomic mass is 10.00. The van der Waals surface area contributed by atoms with Crippen molar-refractivity contribution in [2.75, 3.05) is 7.11 Å². The number of cyclic esters (lactones) is 2. The second-order valence-corrected chi connectivity index (χ2v) is 5.52. The average Bonchev–Trinajstić information content (AvgIpc) is 2.35. The van der Waals surface area contributed by atoms with Gasteiger partial charge in [-0.05, 0) is 31.6 Å². The van der Waals surface area contributed by atoms with Gasteiger partial charge in [0.2, 0.25) is 0 Å². The predicted molar refractivity (Wildman–Crippen MR) is 78.4 cm³/mol. The average molecular weight is 306 g/mol. The highest BCUT2D eigenvalue weighted by Crippen LogP contribution is 2.35. The molecule has 1 fully saturated rings. The first-order valence-electron chi connectivity index (χ1n) is 6.72. The van der Waals surface area contributed by atoms with Gasteiger partial charge in [-0.3, -0.25) is 0 Å².